The molecule has 0 amide bonds. The average Bonchev–Trinajstić information content (AvgIpc) is 3.50. The molecule has 10 aromatic rings. The molecule has 0 saturated carbocycles. The highest BCUT2D eigenvalue weighted by Gasteiger charge is 2.16. The quantitative estimate of drug-likeness (QED) is 0.169. The Morgan fingerprint density at radius 3 is 1.10 bits per heavy atom. The fraction of sp³-hybridized carbons (Fsp3) is 0. The Labute approximate surface area is 321 Å². The maximum atomic E-state index is 9.63. The zero-order valence-corrected chi connectivity index (χ0v) is 24.0. The summed E-state index contributed by atoms with van der Waals surface area (Å²) < 4.78 is 270. The number of hydrogen-bond donors (Lipinski definition) is 0. The summed E-state index contributed by atoms with van der Waals surface area (Å²) in [7, 11) is 0. The van der Waals surface area contributed by atoms with Gasteiger partial charge in [-0.15, -0.1) is 0 Å². The smallest absolute Gasteiger partial charge is 0.0616 e. The van der Waals surface area contributed by atoms with E-state index in [1.165, 1.54) is 0 Å². The zero-order chi connectivity index (χ0) is 57.7. The molecule has 0 unspecified atom stereocenters. The fourth-order valence-corrected chi connectivity index (χ4v) is 5.56. The zero-order valence-electron chi connectivity index (χ0n) is 54.0. The first-order valence-corrected chi connectivity index (χ1v) is 14.2. The molecule has 10 aromatic carbocycles. The maximum absolute atomic E-state index is 9.63. The Morgan fingerprint density at radius 1 is 0.250 bits per heavy atom. The Bertz CT molecular complexity index is 4260. The molecule has 0 aromatic heterocycles. The van der Waals surface area contributed by atoms with E-state index in [1.54, 1.807) is 0 Å². The number of rotatable bonds is 4. The topological polar surface area (TPSA) is 0 Å². The molecule has 48 heavy (non-hydrogen) atoms. The molecule has 0 fully saturated rings. The normalized spacial score (nSPS) is 20.5. The van der Waals surface area contributed by atoms with Crippen LogP contribution in [0.15, 0.2) is 181 Å². The summed E-state index contributed by atoms with van der Waals surface area (Å²) in [5.41, 5.74) is -6.45. The van der Waals surface area contributed by atoms with Crippen LogP contribution in [-0.2, 0) is 0 Å². The Morgan fingerprint density at radius 2 is 0.625 bits per heavy atom. The van der Waals surface area contributed by atoms with Crippen molar-refractivity contribution in [2.75, 3.05) is 0 Å². The molecule has 0 bridgehead atoms. The molecule has 0 N–H and O–H groups in total. The summed E-state index contributed by atoms with van der Waals surface area (Å²) in [6, 6.07) is -27.7. The molecule has 0 saturated heterocycles. The van der Waals surface area contributed by atoms with Crippen molar-refractivity contribution < 1.29 is 41.1 Å². The third-order valence-electron chi connectivity index (χ3n) is 7.75. The van der Waals surface area contributed by atoms with Crippen LogP contribution in [0.5, 0.6) is 0 Å². The van der Waals surface area contributed by atoms with Gasteiger partial charge in [-0.05, 0) is 123 Å². The van der Waals surface area contributed by atoms with Crippen LogP contribution in [0.4, 0.5) is 0 Å². The van der Waals surface area contributed by atoms with Gasteiger partial charge in [-0.3, -0.25) is 0 Å². The van der Waals surface area contributed by atoms with Gasteiger partial charge in [0.25, 0.3) is 0 Å². The minimum atomic E-state index is -1.04. The van der Waals surface area contributed by atoms with Crippen molar-refractivity contribution in [2.45, 2.75) is 0 Å². The Hall–Kier alpha value is -6.24. The van der Waals surface area contributed by atoms with Gasteiger partial charge in [-0.25, -0.2) is 0 Å². The second-order valence-corrected chi connectivity index (χ2v) is 10.5. The SMILES string of the molecule is [2H]c1c([2H])c(-c2c([2H])c([2H])c3c([2H])c([2H])c([2H])c([2H])c3c2[2H])c([2H])c(-c2c([2H])c([2H])c3c([2H])c([2H])c4c(-c5c([2H])c([2H])c([2H])c(-c6c([2H])c([2H])c7c([2H])c([2H])c([2H])c([2H])c7c6[2H])c5[2H])c([2H])c([2H])c5c([2H])c([2H])c2c3c54)c1[2H]. The van der Waals surface area contributed by atoms with Gasteiger partial charge in [-0.1, -0.05) is 157 Å². The van der Waals surface area contributed by atoms with Crippen molar-refractivity contribution in [3.63, 3.8) is 0 Å². The molecule has 0 heterocycles. The Kier molecular flexibility index (Phi) is 2.36. The van der Waals surface area contributed by atoms with Crippen LogP contribution in [0.2, 0.25) is 0 Å². The van der Waals surface area contributed by atoms with Gasteiger partial charge >= 0.3 is 0 Å². The molecule has 0 atom stereocenters. The first-order valence-electron chi connectivity index (χ1n) is 29.2. The van der Waals surface area contributed by atoms with E-state index in [0.29, 0.717) is 0 Å². The van der Waals surface area contributed by atoms with Crippen LogP contribution in [0, 0.1) is 0 Å². The maximum Gasteiger partial charge on any atom is 0.0636 e. The van der Waals surface area contributed by atoms with Crippen molar-refractivity contribution in [2.24, 2.45) is 0 Å². The summed E-state index contributed by atoms with van der Waals surface area (Å²) >= 11 is 0. The summed E-state index contributed by atoms with van der Waals surface area (Å²) in [4.78, 5) is 0. The molecular weight excluding hydrogens is 577 g/mol. The van der Waals surface area contributed by atoms with E-state index < -0.39 is 280 Å². The number of hydrogen-bond acceptors (Lipinski definition) is 0. The summed E-state index contributed by atoms with van der Waals surface area (Å²) in [6.45, 7) is 0. The molecule has 0 spiro atoms. The first-order chi connectivity index (χ1) is 36.3. The lowest BCUT2D eigenvalue weighted by molar-refractivity contribution is 1.62. The third-order valence-corrected chi connectivity index (χ3v) is 7.75. The predicted molar refractivity (Wildman–Crippen MR) is 207 cm³/mol. The van der Waals surface area contributed by atoms with Crippen LogP contribution < -0.4 is 0 Å². The van der Waals surface area contributed by atoms with Crippen LogP contribution in [-0.4, -0.2) is 0 Å². The minimum absolute atomic E-state index is 0.502. The van der Waals surface area contributed by atoms with E-state index in [9.17, 15) is 19.2 Å². The molecule has 10 rings (SSSR count). The summed E-state index contributed by atoms with van der Waals surface area (Å²) in [5.74, 6) is 0. The van der Waals surface area contributed by atoms with Crippen LogP contribution in [0.3, 0.4) is 0 Å². The van der Waals surface area contributed by atoms with Gasteiger partial charge in [-0.2, -0.15) is 0 Å². The average molecular weight is 637 g/mol. The molecule has 0 aliphatic rings. The first kappa shape index (κ1) is 10.6. The predicted octanol–water partition coefficient (Wildman–Crippen LogP) is 13.6. The molecule has 222 valence electrons. The molecule has 0 radical (unpaired) electrons. The van der Waals surface area contributed by atoms with Crippen molar-refractivity contribution in [1.29, 1.82) is 0 Å². The van der Waals surface area contributed by atoms with Crippen molar-refractivity contribution in [3.8, 4) is 44.5 Å². The van der Waals surface area contributed by atoms with E-state index >= 15 is 0 Å². The number of benzene rings is 10. The van der Waals surface area contributed by atoms with Crippen LogP contribution in [0.1, 0.15) is 41.1 Å². The lowest BCUT2D eigenvalue weighted by Gasteiger charge is -2.17. The van der Waals surface area contributed by atoms with Crippen LogP contribution >= 0.6 is 0 Å². The second kappa shape index (κ2) is 10.7. The van der Waals surface area contributed by atoms with Gasteiger partial charge in [0, 0.05) is 0 Å². The van der Waals surface area contributed by atoms with Gasteiger partial charge in [0.2, 0.25) is 0 Å². The molecule has 0 aliphatic carbocycles. The lowest BCUT2D eigenvalue weighted by Crippen LogP contribution is -1.90. The summed E-state index contributed by atoms with van der Waals surface area (Å²) in [5, 5.41) is -5.82. The molecular formula is C48H30. The van der Waals surface area contributed by atoms with Gasteiger partial charge in [0.05, 0.1) is 41.1 Å². The largest absolute Gasteiger partial charge is 0.0636 e. The minimum Gasteiger partial charge on any atom is -0.0616 e. The van der Waals surface area contributed by atoms with Gasteiger partial charge in [0.1, 0.15) is 0 Å². The van der Waals surface area contributed by atoms with Crippen molar-refractivity contribution in [1.82, 2.24) is 0 Å². The Balaban J connectivity index is 1.39. The highest BCUT2D eigenvalue weighted by Crippen LogP contribution is 2.43. The highest BCUT2D eigenvalue weighted by atomic mass is 14.2. The summed E-state index contributed by atoms with van der Waals surface area (Å²) in [6.07, 6.45) is 0. The van der Waals surface area contributed by atoms with E-state index in [-0.39, 0.29) is 0 Å². The van der Waals surface area contributed by atoms with Crippen molar-refractivity contribution in [3.05, 3.63) is 181 Å². The molecule has 0 aliphatic heterocycles. The molecule has 0 heteroatoms. The van der Waals surface area contributed by atoms with E-state index in [0.717, 1.165) is 0 Å². The van der Waals surface area contributed by atoms with Gasteiger partial charge in [0.15, 0.2) is 0 Å². The standard InChI is InChI=1S/C48H30/c1-3-9-35-27-39(17-15-31(35)7-1)37-11-5-13-41(29-37)43-23-19-33-22-26-46-44(24-20-34-21-25-45(43)47(33)48(34)46)42-14-6-12-38(30-42)40-18-16-32-8-2-4-10-36(32)28-40/h1-30H/i1D,2D,3D,4D,5D,6D,7D,8D,9D,10D,11D,12D,13D,14D,15D,16D,17D,18D,19D,20D,21D,22D,23D,24D,25D,26D,27D,28D,29D,30D. The van der Waals surface area contributed by atoms with E-state index in [1.807, 2.05) is 0 Å². The highest BCUT2D eigenvalue weighted by molar-refractivity contribution is 6.27. The lowest BCUT2D eigenvalue weighted by atomic mass is 9.86. The monoisotopic (exact) mass is 636 g/mol. The third kappa shape index (κ3) is 4.31. The second-order valence-electron chi connectivity index (χ2n) is 10.5. The van der Waals surface area contributed by atoms with E-state index in [2.05, 4.69) is 0 Å². The molecule has 0 nitrogen and oxygen atoms in total. The number of fused-ring (bicyclic) bond motifs is 2. The fourth-order valence-electron chi connectivity index (χ4n) is 5.56. The van der Waals surface area contributed by atoms with Gasteiger partial charge < -0.3 is 0 Å². The van der Waals surface area contributed by atoms with E-state index in [4.69, 9.17) is 21.9 Å². The van der Waals surface area contributed by atoms with Crippen LogP contribution in [0.25, 0.3) is 98.4 Å². The van der Waals surface area contributed by atoms with Crippen molar-refractivity contribution >= 4 is 53.9 Å².